The van der Waals surface area contributed by atoms with Crippen LogP contribution in [0.5, 0.6) is 0 Å². The summed E-state index contributed by atoms with van der Waals surface area (Å²) in [6.45, 7) is 16.0. The van der Waals surface area contributed by atoms with Crippen molar-refractivity contribution in [3.8, 4) is 0 Å². The fourth-order valence-electron chi connectivity index (χ4n) is 4.05. The largest absolute Gasteiger partial charge is 0.481 e. The summed E-state index contributed by atoms with van der Waals surface area (Å²) in [7, 11) is 0. The highest BCUT2D eigenvalue weighted by atomic mass is 32.2. The molecule has 39 heavy (non-hydrogen) atoms. The molecule has 4 amide bonds. The van der Waals surface area contributed by atoms with E-state index in [9.17, 15) is 24.0 Å². The second-order valence-corrected chi connectivity index (χ2v) is 14.8. The highest BCUT2D eigenvalue weighted by molar-refractivity contribution is 8.00. The van der Waals surface area contributed by atoms with Gasteiger partial charge in [0.15, 0.2) is 0 Å². The van der Waals surface area contributed by atoms with Crippen molar-refractivity contribution in [1.29, 1.82) is 0 Å². The molecule has 0 aliphatic heterocycles. The zero-order chi connectivity index (χ0) is 30.2. The van der Waals surface area contributed by atoms with E-state index in [1.807, 2.05) is 41.5 Å². The Morgan fingerprint density at radius 2 is 1.31 bits per heavy atom. The van der Waals surface area contributed by atoms with Gasteiger partial charge in [0.05, 0.1) is 17.9 Å². The molecule has 0 radical (unpaired) electrons. The number of aliphatic carboxylic acids is 1. The smallest absolute Gasteiger partial charge is 0.303 e. The number of carbonyl (C=O) groups is 5. The van der Waals surface area contributed by atoms with Crippen molar-refractivity contribution >= 4 is 53.1 Å². The Kier molecular flexibility index (Phi) is 17.5. The molecule has 0 aromatic carbocycles. The van der Waals surface area contributed by atoms with Gasteiger partial charge in [-0.05, 0) is 35.2 Å². The number of carboxylic acid groups (broad SMARTS) is 1. The van der Waals surface area contributed by atoms with Gasteiger partial charge in [0, 0.05) is 25.0 Å². The van der Waals surface area contributed by atoms with Gasteiger partial charge in [0.25, 0.3) is 0 Å². The lowest BCUT2D eigenvalue weighted by atomic mass is 9.73. The van der Waals surface area contributed by atoms with Crippen LogP contribution < -0.4 is 21.3 Å². The fourth-order valence-corrected chi connectivity index (χ4v) is 5.20. The van der Waals surface area contributed by atoms with E-state index in [-0.39, 0.29) is 54.1 Å². The Morgan fingerprint density at radius 3 is 1.85 bits per heavy atom. The Balaban J connectivity index is 4.82. The molecule has 0 heterocycles. The summed E-state index contributed by atoms with van der Waals surface area (Å²) >= 11 is 3.04. The van der Waals surface area contributed by atoms with Crippen molar-refractivity contribution in [2.24, 2.45) is 10.8 Å². The molecule has 0 fully saturated rings. The van der Waals surface area contributed by atoms with Crippen LogP contribution in [0.3, 0.4) is 0 Å². The molecule has 0 spiro atoms. The molecule has 0 saturated heterocycles. The Labute approximate surface area is 242 Å². The quantitative estimate of drug-likeness (QED) is 0.136. The van der Waals surface area contributed by atoms with E-state index in [0.29, 0.717) is 36.8 Å². The average molecular weight is 591 g/mol. The van der Waals surface area contributed by atoms with Gasteiger partial charge in [-0.3, -0.25) is 24.0 Å². The summed E-state index contributed by atoms with van der Waals surface area (Å²) in [5.41, 5.74) is -1.33. The minimum absolute atomic E-state index is 0.0386. The van der Waals surface area contributed by atoms with Crippen molar-refractivity contribution < 1.29 is 29.1 Å². The van der Waals surface area contributed by atoms with E-state index in [1.165, 1.54) is 11.8 Å². The van der Waals surface area contributed by atoms with Crippen molar-refractivity contribution in [2.45, 2.75) is 97.6 Å². The number of hydrogen-bond donors (Lipinski definition) is 5. The lowest BCUT2D eigenvalue weighted by molar-refractivity contribution is -0.141. The summed E-state index contributed by atoms with van der Waals surface area (Å²) < 4.78 is 0. The van der Waals surface area contributed by atoms with Crippen LogP contribution in [0.25, 0.3) is 0 Å². The van der Waals surface area contributed by atoms with Crippen molar-refractivity contribution in [3.05, 3.63) is 0 Å². The second-order valence-electron chi connectivity index (χ2n) is 11.7. The molecule has 0 saturated carbocycles. The molecule has 0 aromatic heterocycles. The standard InChI is InChI=1S/C27H50N4O6S2/c1-18(2)38-15-21(32)28-11-9-10-20(31-22(33)16-39-19(3)4)24(36)29-12-13-30-25(37)27(7,8)17-26(5,6)14-23(34)35/h18-20H,9-17H2,1-8H3,(H,28,32)(H,29,36)(H,30,37)(H,31,33)(H,34,35)/t20-/m0/s1. The maximum atomic E-state index is 12.9. The van der Waals surface area contributed by atoms with E-state index in [2.05, 4.69) is 21.3 Å². The number of rotatable bonds is 20. The van der Waals surface area contributed by atoms with Crippen molar-refractivity contribution in [1.82, 2.24) is 21.3 Å². The molecule has 12 heteroatoms. The molecule has 0 aliphatic carbocycles. The molecule has 0 rings (SSSR count). The van der Waals surface area contributed by atoms with Crippen LogP contribution in [-0.4, -0.2) is 82.4 Å². The predicted molar refractivity (Wildman–Crippen MR) is 160 cm³/mol. The number of nitrogens with one attached hydrogen (secondary N) is 4. The Bertz CT molecular complexity index is 818. The van der Waals surface area contributed by atoms with Gasteiger partial charge >= 0.3 is 5.97 Å². The molecule has 0 bridgehead atoms. The fraction of sp³-hybridized carbons (Fsp3) is 0.815. The summed E-state index contributed by atoms with van der Waals surface area (Å²) in [5.74, 6) is -1.15. The van der Waals surface area contributed by atoms with Crippen molar-refractivity contribution in [3.63, 3.8) is 0 Å². The number of carbonyl (C=O) groups excluding carboxylic acids is 4. The number of carboxylic acids is 1. The van der Waals surface area contributed by atoms with Crippen LogP contribution in [0.1, 0.15) is 81.1 Å². The maximum Gasteiger partial charge on any atom is 0.303 e. The third-order valence-electron chi connectivity index (χ3n) is 5.61. The van der Waals surface area contributed by atoms with E-state index < -0.39 is 22.8 Å². The van der Waals surface area contributed by atoms with E-state index in [4.69, 9.17) is 5.11 Å². The van der Waals surface area contributed by atoms with Gasteiger partial charge in [-0.2, -0.15) is 0 Å². The van der Waals surface area contributed by atoms with Gasteiger partial charge in [-0.15, -0.1) is 23.5 Å². The molecule has 0 aliphatic rings. The van der Waals surface area contributed by atoms with Gasteiger partial charge in [-0.25, -0.2) is 0 Å². The molecule has 226 valence electrons. The van der Waals surface area contributed by atoms with Crippen LogP contribution in [0.2, 0.25) is 0 Å². The van der Waals surface area contributed by atoms with Gasteiger partial charge in [-0.1, -0.05) is 55.4 Å². The number of amides is 4. The minimum Gasteiger partial charge on any atom is -0.481 e. The van der Waals surface area contributed by atoms with E-state index in [0.717, 1.165) is 0 Å². The average Bonchev–Trinajstić information content (AvgIpc) is 2.78. The molecular weight excluding hydrogens is 540 g/mol. The van der Waals surface area contributed by atoms with Gasteiger partial charge in [0.2, 0.25) is 23.6 Å². The zero-order valence-electron chi connectivity index (χ0n) is 24.9. The highest BCUT2D eigenvalue weighted by Crippen LogP contribution is 2.36. The molecule has 5 N–H and O–H groups in total. The Morgan fingerprint density at radius 1 is 0.769 bits per heavy atom. The monoisotopic (exact) mass is 590 g/mol. The first-order chi connectivity index (χ1) is 17.9. The van der Waals surface area contributed by atoms with Crippen LogP contribution in [0.15, 0.2) is 0 Å². The molecule has 10 nitrogen and oxygen atoms in total. The summed E-state index contributed by atoms with van der Waals surface area (Å²) in [6, 6.07) is -0.754. The SMILES string of the molecule is CC(C)SCC(=O)NCCC[C@H](NC(=O)CSC(C)C)C(=O)NCCNC(=O)C(C)(C)CC(C)(C)CC(=O)O. The van der Waals surface area contributed by atoms with E-state index in [1.54, 1.807) is 25.6 Å². The minimum atomic E-state index is -0.907. The number of hydrogen-bond acceptors (Lipinski definition) is 7. The number of thioether (sulfide) groups is 2. The normalized spacial score (nSPS) is 12.7. The van der Waals surface area contributed by atoms with Gasteiger partial charge < -0.3 is 26.4 Å². The molecule has 0 aromatic rings. The second kappa shape index (κ2) is 18.4. The maximum absolute atomic E-state index is 12.9. The summed E-state index contributed by atoms with van der Waals surface area (Å²) in [6.07, 6.45) is 1.23. The highest BCUT2D eigenvalue weighted by Gasteiger charge is 2.35. The topological polar surface area (TPSA) is 154 Å². The van der Waals surface area contributed by atoms with Crippen LogP contribution in [0.4, 0.5) is 0 Å². The van der Waals surface area contributed by atoms with Gasteiger partial charge in [0.1, 0.15) is 6.04 Å². The molecule has 0 unspecified atom stereocenters. The van der Waals surface area contributed by atoms with E-state index >= 15 is 0 Å². The first kappa shape index (κ1) is 37.0. The van der Waals surface area contributed by atoms with Crippen LogP contribution >= 0.6 is 23.5 Å². The van der Waals surface area contributed by atoms with Crippen molar-refractivity contribution in [2.75, 3.05) is 31.1 Å². The summed E-state index contributed by atoms with van der Waals surface area (Å²) in [5, 5.41) is 21.0. The molecule has 1 atom stereocenters. The zero-order valence-corrected chi connectivity index (χ0v) is 26.5. The first-order valence-electron chi connectivity index (χ1n) is 13.5. The lowest BCUT2D eigenvalue weighted by Crippen LogP contribution is -2.49. The Hall–Kier alpha value is -1.95. The molecular formula is C27H50N4O6S2. The first-order valence-corrected chi connectivity index (χ1v) is 15.6. The lowest BCUT2D eigenvalue weighted by Gasteiger charge is -2.33. The third kappa shape index (κ3) is 18.9. The predicted octanol–water partition coefficient (Wildman–Crippen LogP) is 2.80. The third-order valence-corrected chi connectivity index (χ3v) is 7.80. The van der Waals surface area contributed by atoms with Crippen LogP contribution in [-0.2, 0) is 24.0 Å². The summed E-state index contributed by atoms with van der Waals surface area (Å²) in [4.78, 5) is 61.0. The van der Waals surface area contributed by atoms with Crippen LogP contribution in [0, 0.1) is 10.8 Å².